The van der Waals surface area contributed by atoms with Gasteiger partial charge in [-0.05, 0) is 35.9 Å². The molecule has 1 amide bonds. The van der Waals surface area contributed by atoms with Crippen LogP contribution in [-0.4, -0.2) is 24.4 Å². The van der Waals surface area contributed by atoms with Crippen molar-refractivity contribution in [1.29, 1.82) is 0 Å². The van der Waals surface area contributed by atoms with Gasteiger partial charge in [0.2, 0.25) is 0 Å². The summed E-state index contributed by atoms with van der Waals surface area (Å²) in [5.74, 6) is 9.91. The quantitative estimate of drug-likeness (QED) is 0.250. The highest BCUT2D eigenvalue weighted by atomic mass is 32.2. The molecule has 0 radical (unpaired) electrons. The molecular weight excluding hydrogens is 348 g/mol. The first-order valence-corrected chi connectivity index (χ1v) is 8.20. The Morgan fingerprint density at radius 3 is 2.40 bits per heavy atom. The van der Waals surface area contributed by atoms with Gasteiger partial charge in [0, 0.05) is 18.5 Å². The SMILES string of the molecule is NN(N=O)C(=O)/C=C/c1ccc(N(N)S(=O)(=O)c2cccnc2)cc1. The molecule has 10 nitrogen and oxygen atoms in total. The van der Waals surface area contributed by atoms with Gasteiger partial charge in [0.15, 0.2) is 0 Å². The number of hydrogen-bond acceptors (Lipinski definition) is 8. The highest BCUT2D eigenvalue weighted by molar-refractivity contribution is 7.92. The standard InChI is InChI=1S/C14H14N6O4S/c15-19(18-22)14(21)8-5-11-3-6-12(7-4-11)20(16)25(23,24)13-2-1-9-17-10-13/h1-10H,15-16H2/b8-5+. The summed E-state index contributed by atoms with van der Waals surface area (Å²) in [7, 11) is -3.94. The van der Waals surface area contributed by atoms with Crippen LogP contribution < -0.4 is 16.1 Å². The lowest BCUT2D eigenvalue weighted by Crippen LogP contribution is -2.37. The van der Waals surface area contributed by atoms with Crippen LogP contribution in [0.4, 0.5) is 5.69 Å². The zero-order valence-corrected chi connectivity index (χ0v) is 13.6. The fraction of sp³-hybridized carbons (Fsp3) is 0. The molecule has 1 heterocycles. The lowest BCUT2D eigenvalue weighted by molar-refractivity contribution is -0.126. The monoisotopic (exact) mass is 362 g/mol. The smallest absolute Gasteiger partial charge is 0.266 e. The number of sulfonamides is 1. The zero-order valence-electron chi connectivity index (χ0n) is 12.8. The molecule has 0 aliphatic carbocycles. The Kier molecular flexibility index (Phi) is 5.54. The van der Waals surface area contributed by atoms with Crippen LogP contribution in [0.1, 0.15) is 5.56 Å². The van der Waals surface area contributed by atoms with E-state index in [9.17, 15) is 18.1 Å². The summed E-state index contributed by atoms with van der Waals surface area (Å²) in [6.45, 7) is 0. The van der Waals surface area contributed by atoms with Gasteiger partial charge in [0.25, 0.3) is 15.9 Å². The molecule has 0 saturated heterocycles. The van der Waals surface area contributed by atoms with Crippen LogP contribution in [0.25, 0.3) is 6.08 Å². The van der Waals surface area contributed by atoms with Gasteiger partial charge in [-0.1, -0.05) is 12.1 Å². The average Bonchev–Trinajstić information content (AvgIpc) is 2.65. The van der Waals surface area contributed by atoms with Crippen LogP contribution in [0.5, 0.6) is 0 Å². The summed E-state index contributed by atoms with van der Waals surface area (Å²) < 4.78 is 25.4. The minimum atomic E-state index is -3.94. The van der Waals surface area contributed by atoms with E-state index in [-0.39, 0.29) is 15.7 Å². The number of nitrogens with zero attached hydrogens (tertiary/aromatic N) is 4. The van der Waals surface area contributed by atoms with Crippen molar-refractivity contribution in [3.63, 3.8) is 0 Å². The fourth-order valence-electron chi connectivity index (χ4n) is 1.77. The molecule has 0 spiro atoms. The third kappa shape index (κ3) is 4.23. The van der Waals surface area contributed by atoms with Crippen molar-refractivity contribution < 1.29 is 13.2 Å². The highest BCUT2D eigenvalue weighted by Gasteiger charge is 2.22. The molecule has 0 fully saturated rings. The van der Waals surface area contributed by atoms with Gasteiger partial charge in [-0.25, -0.2) is 16.1 Å². The van der Waals surface area contributed by atoms with Gasteiger partial charge in [-0.3, -0.25) is 9.78 Å². The van der Waals surface area contributed by atoms with Gasteiger partial charge in [0.1, 0.15) is 4.90 Å². The Balaban J connectivity index is 2.18. The molecule has 11 heteroatoms. The summed E-state index contributed by atoms with van der Waals surface area (Å²) in [5, 5.41) is 2.40. The van der Waals surface area contributed by atoms with Gasteiger partial charge >= 0.3 is 0 Å². The Bertz CT molecular complexity index is 883. The molecule has 1 aromatic carbocycles. The van der Waals surface area contributed by atoms with E-state index in [1.807, 2.05) is 0 Å². The van der Waals surface area contributed by atoms with Crippen LogP contribution >= 0.6 is 0 Å². The highest BCUT2D eigenvalue weighted by Crippen LogP contribution is 2.20. The van der Waals surface area contributed by atoms with E-state index in [4.69, 9.17) is 11.7 Å². The number of carbonyl (C=O) groups is 1. The van der Waals surface area contributed by atoms with Crippen LogP contribution in [-0.2, 0) is 14.8 Å². The minimum absolute atomic E-state index is 0.0449. The van der Waals surface area contributed by atoms with Gasteiger partial charge in [0.05, 0.1) is 11.0 Å². The molecular formula is C14H14N6O4S. The van der Waals surface area contributed by atoms with Crippen molar-refractivity contribution in [2.75, 3.05) is 4.41 Å². The zero-order chi connectivity index (χ0) is 18.4. The number of hydrogen-bond donors (Lipinski definition) is 2. The van der Waals surface area contributed by atoms with E-state index < -0.39 is 15.9 Å². The number of nitroso groups, excluding NO2 is 1. The molecule has 0 unspecified atom stereocenters. The van der Waals surface area contributed by atoms with E-state index in [0.717, 1.165) is 6.08 Å². The largest absolute Gasteiger partial charge is 0.284 e. The number of amides is 1. The number of hydrazine groups is 2. The summed E-state index contributed by atoms with van der Waals surface area (Å²) in [4.78, 5) is 25.1. The van der Waals surface area contributed by atoms with Crippen molar-refractivity contribution >= 4 is 27.7 Å². The second kappa shape index (κ2) is 7.61. The molecule has 0 saturated carbocycles. The Labute approximate surface area is 143 Å². The third-order valence-corrected chi connectivity index (χ3v) is 4.64. The first-order chi connectivity index (χ1) is 11.9. The van der Waals surface area contributed by atoms with Crippen LogP contribution in [0.15, 0.2) is 65.0 Å². The molecule has 4 N–H and O–H groups in total. The average molecular weight is 362 g/mol. The molecule has 0 aliphatic rings. The summed E-state index contributed by atoms with van der Waals surface area (Å²) in [6, 6.07) is 8.84. The number of rotatable bonds is 6. The summed E-state index contributed by atoms with van der Waals surface area (Å²) >= 11 is 0. The van der Waals surface area contributed by atoms with E-state index in [2.05, 4.69) is 10.3 Å². The van der Waals surface area contributed by atoms with E-state index in [1.165, 1.54) is 54.9 Å². The van der Waals surface area contributed by atoms with Crippen molar-refractivity contribution in [3.8, 4) is 0 Å². The van der Waals surface area contributed by atoms with Crippen LogP contribution in [0.2, 0.25) is 0 Å². The predicted octanol–water partition coefficient (Wildman–Crippen LogP) is 0.547. The maximum absolute atomic E-state index is 12.4. The van der Waals surface area contributed by atoms with Crippen molar-refractivity contribution in [2.45, 2.75) is 4.90 Å². The number of pyridine rings is 1. The van der Waals surface area contributed by atoms with Crippen molar-refractivity contribution in [1.82, 2.24) is 10.1 Å². The second-order valence-electron chi connectivity index (χ2n) is 4.68. The first kappa shape index (κ1) is 18.2. The lowest BCUT2D eigenvalue weighted by Gasteiger charge is -2.18. The number of carbonyl (C=O) groups excluding carboxylic acids is 1. The van der Waals surface area contributed by atoms with Crippen molar-refractivity contribution in [3.05, 3.63) is 65.3 Å². The first-order valence-electron chi connectivity index (χ1n) is 6.76. The van der Waals surface area contributed by atoms with E-state index in [1.54, 1.807) is 0 Å². The van der Waals surface area contributed by atoms with Crippen LogP contribution in [0.3, 0.4) is 0 Å². The van der Waals surface area contributed by atoms with Gasteiger partial charge in [-0.2, -0.15) is 8.42 Å². The number of anilines is 1. The second-order valence-corrected chi connectivity index (χ2v) is 6.49. The third-order valence-electron chi connectivity index (χ3n) is 3.07. The summed E-state index contributed by atoms with van der Waals surface area (Å²) in [6.07, 6.45) is 5.07. The molecule has 1 aromatic heterocycles. The van der Waals surface area contributed by atoms with Crippen molar-refractivity contribution in [2.24, 2.45) is 17.0 Å². The normalized spacial score (nSPS) is 11.3. The van der Waals surface area contributed by atoms with Gasteiger partial charge < -0.3 is 0 Å². The number of nitrogens with two attached hydrogens (primary N) is 2. The molecule has 2 aromatic rings. The molecule has 0 bridgehead atoms. The van der Waals surface area contributed by atoms with Gasteiger partial charge in [-0.15, -0.1) is 10.0 Å². The Morgan fingerprint density at radius 2 is 1.84 bits per heavy atom. The molecule has 25 heavy (non-hydrogen) atoms. The summed E-state index contributed by atoms with van der Waals surface area (Å²) in [5.41, 5.74) is 0.769. The minimum Gasteiger partial charge on any atom is -0.266 e. The van der Waals surface area contributed by atoms with E-state index in [0.29, 0.717) is 9.98 Å². The lowest BCUT2D eigenvalue weighted by atomic mass is 10.2. The number of aromatic nitrogens is 1. The molecule has 0 aliphatic heterocycles. The predicted molar refractivity (Wildman–Crippen MR) is 90.4 cm³/mol. The number of benzene rings is 1. The van der Waals surface area contributed by atoms with Crippen LogP contribution in [0, 0.1) is 4.91 Å². The molecule has 130 valence electrons. The Morgan fingerprint density at radius 1 is 1.16 bits per heavy atom. The maximum Gasteiger partial charge on any atom is 0.284 e. The topological polar surface area (TPSA) is 152 Å². The van der Waals surface area contributed by atoms with E-state index >= 15 is 0 Å². The Hall–Kier alpha value is -3.15. The maximum atomic E-state index is 12.4. The molecule has 0 atom stereocenters. The molecule has 2 rings (SSSR count). The fourth-order valence-corrected chi connectivity index (χ4v) is 2.84.